The number of carbonyl (C=O) groups is 1. The average molecular weight is 417 g/mol. The number of hydrogen-bond acceptors (Lipinski definition) is 6. The smallest absolute Gasteiger partial charge is 0.244 e. The molecule has 0 saturated carbocycles. The molecule has 0 atom stereocenters. The van der Waals surface area contributed by atoms with Crippen molar-refractivity contribution in [3.8, 4) is 0 Å². The molecule has 1 aliphatic rings. The molecule has 0 radical (unpaired) electrons. The molecule has 1 aromatic carbocycles. The van der Waals surface area contributed by atoms with Crippen LogP contribution in [-0.2, 0) is 26.1 Å². The van der Waals surface area contributed by atoms with Crippen LogP contribution in [0.4, 0.5) is 11.5 Å². The lowest BCUT2D eigenvalue weighted by Gasteiger charge is -2.27. The number of hydrogen-bond donors (Lipinski definition) is 2. The first-order valence-electron chi connectivity index (χ1n) is 9.20. The number of rotatable bonds is 7. The van der Waals surface area contributed by atoms with Crippen molar-refractivity contribution >= 4 is 33.5 Å². The summed E-state index contributed by atoms with van der Waals surface area (Å²) in [4.78, 5) is 18.7. The molecule has 9 heteroatoms. The van der Waals surface area contributed by atoms with Crippen LogP contribution < -0.4 is 14.9 Å². The van der Waals surface area contributed by atoms with E-state index in [1.807, 2.05) is 12.1 Å². The van der Waals surface area contributed by atoms with Gasteiger partial charge in [-0.15, -0.1) is 0 Å². The van der Waals surface area contributed by atoms with Gasteiger partial charge >= 0.3 is 0 Å². The Morgan fingerprint density at radius 1 is 1.17 bits per heavy atom. The molecule has 0 aliphatic carbocycles. The zero-order valence-corrected chi connectivity index (χ0v) is 17.0. The van der Waals surface area contributed by atoms with Gasteiger partial charge in [0, 0.05) is 37.6 Å². The minimum absolute atomic E-state index is 0.222. The SMILES string of the molecule is CS(=O)(=O)Nc1ccc(/C=C/C(=O)NCc2ccc(N3CCOCC3)nc2)cc1. The first-order valence-corrected chi connectivity index (χ1v) is 11.1. The Morgan fingerprint density at radius 3 is 2.52 bits per heavy atom. The second-order valence-electron chi connectivity index (χ2n) is 6.67. The maximum atomic E-state index is 12.0. The van der Waals surface area contributed by atoms with E-state index in [9.17, 15) is 13.2 Å². The molecule has 2 N–H and O–H groups in total. The van der Waals surface area contributed by atoms with Gasteiger partial charge in [0.15, 0.2) is 0 Å². The van der Waals surface area contributed by atoms with Crippen LogP contribution in [0.3, 0.4) is 0 Å². The van der Waals surface area contributed by atoms with E-state index in [2.05, 4.69) is 19.9 Å². The number of pyridine rings is 1. The van der Waals surface area contributed by atoms with Crippen molar-refractivity contribution in [1.82, 2.24) is 10.3 Å². The Bertz CT molecular complexity index is 951. The fourth-order valence-electron chi connectivity index (χ4n) is 2.80. The van der Waals surface area contributed by atoms with Crippen LogP contribution in [0.2, 0.25) is 0 Å². The minimum atomic E-state index is -3.30. The standard InChI is InChI=1S/C20H24N4O4S/c1-29(26,27)23-18-6-2-16(3-7-18)5-9-20(25)22-15-17-4-8-19(21-14-17)24-10-12-28-13-11-24/h2-9,14,23H,10-13,15H2,1H3,(H,22,25)/b9-5+. The summed E-state index contributed by atoms with van der Waals surface area (Å²) >= 11 is 0. The quantitative estimate of drug-likeness (QED) is 0.666. The van der Waals surface area contributed by atoms with E-state index >= 15 is 0 Å². The van der Waals surface area contributed by atoms with E-state index < -0.39 is 10.0 Å². The second-order valence-corrected chi connectivity index (χ2v) is 8.42. The highest BCUT2D eigenvalue weighted by Crippen LogP contribution is 2.13. The van der Waals surface area contributed by atoms with E-state index in [-0.39, 0.29) is 5.91 Å². The monoisotopic (exact) mass is 416 g/mol. The molecule has 1 aromatic heterocycles. The molecule has 8 nitrogen and oxygen atoms in total. The van der Waals surface area contributed by atoms with Crippen molar-refractivity contribution in [3.05, 3.63) is 59.8 Å². The van der Waals surface area contributed by atoms with Gasteiger partial charge in [-0.05, 0) is 35.4 Å². The van der Waals surface area contributed by atoms with Crippen molar-refractivity contribution in [3.63, 3.8) is 0 Å². The summed E-state index contributed by atoms with van der Waals surface area (Å²) in [6.07, 6.45) is 5.97. The number of benzene rings is 1. The van der Waals surface area contributed by atoms with E-state index in [0.717, 1.165) is 36.3 Å². The molecule has 1 aliphatic heterocycles. The van der Waals surface area contributed by atoms with Crippen LogP contribution in [-0.4, -0.2) is 51.9 Å². The number of nitrogens with one attached hydrogen (secondary N) is 2. The van der Waals surface area contributed by atoms with E-state index in [0.29, 0.717) is 25.4 Å². The third kappa shape index (κ3) is 6.88. The number of ether oxygens (including phenoxy) is 1. The van der Waals surface area contributed by atoms with Gasteiger partial charge in [0.05, 0.1) is 19.5 Å². The summed E-state index contributed by atoms with van der Waals surface area (Å²) in [5.74, 6) is 0.692. The van der Waals surface area contributed by atoms with Gasteiger partial charge in [-0.25, -0.2) is 13.4 Å². The van der Waals surface area contributed by atoms with Crippen LogP contribution >= 0.6 is 0 Å². The second kappa shape index (κ2) is 9.53. The Morgan fingerprint density at radius 2 is 1.90 bits per heavy atom. The molecule has 1 saturated heterocycles. The highest BCUT2D eigenvalue weighted by molar-refractivity contribution is 7.92. The van der Waals surface area contributed by atoms with E-state index in [1.54, 1.807) is 36.5 Å². The molecular weight excluding hydrogens is 392 g/mol. The van der Waals surface area contributed by atoms with Gasteiger partial charge in [0.1, 0.15) is 5.82 Å². The molecule has 0 spiro atoms. The topological polar surface area (TPSA) is 101 Å². The van der Waals surface area contributed by atoms with Crippen LogP contribution in [0.15, 0.2) is 48.7 Å². The summed E-state index contributed by atoms with van der Waals surface area (Å²) in [6.45, 7) is 3.47. The van der Waals surface area contributed by atoms with Crippen molar-refractivity contribution in [2.75, 3.05) is 42.2 Å². The van der Waals surface area contributed by atoms with Crippen LogP contribution in [0.25, 0.3) is 6.08 Å². The van der Waals surface area contributed by atoms with Crippen molar-refractivity contribution < 1.29 is 17.9 Å². The van der Waals surface area contributed by atoms with E-state index in [4.69, 9.17) is 4.74 Å². The van der Waals surface area contributed by atoms with Crippen LogP contribution in [0, 0.1) is 0 Å². The van der Waals surface area contributed by atoms with Gasteiger partial charge in [-0.1, -0.05) is 18.2 Å². The zero-order valence-electron chi connectivity index (χ0n) is 16.2. The Labute approximate surface area is 170 Å². The molecule has 3 rings (SSSR count). The van der Waals surface area contributed by atoms with Crippen molar-refractivity contribution in [1.29, 1.82) is 0 Å². The van der Waals surface area contributed by atoms with Crippen molar-refractivity contribution in [2.45, 2.75) is 6.54 Å². The largest absolute Gasteiger partial charge is 0.378 e. The van der Waals surface area contributed by atoms with E-state index in [1.165, 1.54) is 6.08 Å². The van der Waals surface area contributed by atoms with Gasteiger partial charge in [0.25, 0.3) is 0 Å². The zero-order chi connectivity index (χ0) is 20.7. The molecule has 1 fully saturated rings. The average Bonchev–Trinajstić information content (AvgIpc) is 2.72. The summed E-state index contributed by atoms with van der Waals surface area (Å²) in [5, 5.41) is 2.82. The molecule has 2 aromatic rings. The Hall–Kier alpha value is -2.91. The van der Waals surface area contributed by atoms with Crippen LogP contribution in [0.1, 0.15) is 11.1 Å². The molecule has 1 amide bonds. The maximum Gasteiger partial charge on any atom is 0.244 e. The van der Waals surface area contributed by atoms with Crippen LogP contribution in [0.5, 0.6) is 0 Å². The number of amides is 1. The summed E-state index contributed by atoms with van der Waals surface area (Å²) < 4.78 is 30.1. The lowest BCUT2D eigenvalue weighted by Crippen LogP contribution is -2.36. The molecule has 2 heterocycles. The predicted octanol–water partition coefficient (Wildman–Crippen LogP) is 1.62. The number of anilines is 2. The number of nitrogens with zero attached hydrogens (tertiary/aromatic N) is 2. The molecule has 29 heavy (non-hydrogen) atoms. The molecule has 154 valence electrons. The Kier molecular flexibility index (Phi) is 6.84. The summed E-state index contributed by atoms with van der Waals surface area (Å²) in [7, 11) is -3.30. The highest BCUT2D eigenvalue weighted by Gasteiger charge is 2.11. The first-order chi connectivity index (χ1) is 13.9. The molecular formula is C20H24N4O4S. The number of aromatic nitrogens is 1. The number of sulfonamides is 1. The number of morpholine rings is 1. The van der Waals surface area contributed by atoms with Gasteiger partial charge < -0.3 is 15.0 Å². The summed E-state index contributed by atoms with van der Waals surface area (Å²) in [5.41, 5.74) is 2.18. The third-order valence-electron chi connectivity index (χ3n) is 4.25. The molecule has 0 unspecified atom stereocenters. The lowest BCUT2D eigenvalue weighted by molar-refractivity contribution is -0.116. The van der Waals surface area contributed by atoms with Crippen molar-refractivity contribution in [2.24, 2.45) is 0 Å². The minimum Gasteiger partial charge on any atom is -0.378 e. The number of carbonyl (C=O) groups excluding carboxylic acids is 1. The lowest BCUT2D eigenvalue weighted by atomic mass is 10.2. The molecule has 0 bridgehead atoms. The Balaban J connectivity index is 1.48. The van der Waals surface area contributed by atoms with Gasteiger partial charge in [-0.3, -0.25) is 9.52 Å². The maximum absolute atomic E-state index is 12.0. The fourth-order valence-corrected chi connectivity index (χ4v) is 3.36. The summed E-state index contributed by atoms with van der Waals surface area (Å²) in [6, 6.07) is 10.6. The fraction of sp³-hybridized carbons (Fsp3) is 0.300. The normalized spacial score (nSPS) is 14.7. The van der Waals surface area contributed by atoms with Gasteiger partial charge in [-0.2, -0.15) is 0 Å². The predicted molar refractivity (Wildman–Crippen MR) is 113 cm³/mol. The third-order valence-corrected chi connectivity index (χ3v) is 4.86. The highest BCUT2D eigenvalue weighted by atomic mass is 32.2. The first kappa shape index (κ1) is 20.8. The van der Waals surface area contributed by atoms with Gasteiger partial charge in [0.2, 0.25) is 15.9 Å².